The van der Waals surface area contributed by atoms with Crippen LogP contribution in [-0.2, 0) is 18.3 Å². The summed E-state index contributed by atoms with van der Waals surface area (Å²) in [6.07, 6.45) is 4.79. The quantitative estimate of drug-likeness (QED) is 0.911. The van der Waals surface area contributed by atoms with Crippen LogP contribution in [0.25, 0.3) is 0 Å². The van der Waals surface area contributed by atoms with E-state index in [-0.39, 0.29) is 23.3 Å². The van der Waals surface area contributed by atoms with Crippen molar-refractivity contribution in [3.8, 4) is 0 Å². The van der Waals surface area contributed by atoms with Crippen LogP contribution >= 0.6 is 0 Å². The number of fused-ring (bicyclic) bond motifs is 1. The second-order valence-corrected chi connectivity index (χ2v) is 6.59. The Morgan fingerprint density at radius 2 is 2.32 bits per heavy atom. The van der Waals surface area contributed by atoms with Crippen LogP contribution in [0.3, 0.4) is 0 Å². The smallest absolute Gasteiger partial charge is 0.223 e. The zero-order valence-electron chi connectivity index (χ0n) is 12.7. The second kappa shape index (κ2) is 4.99. The molecule has 0 saturated carbocycles. The Hall–Kier alpha value is -1.32. The van der Waals surface area contributed by atoms with Crippen LogP contribution in [0, 0.1) is 11.3 Å². The van der Waals surface area contributed by atoms with E-state index in [4.69, 9.17) is 0 Å². The lowest BCUT2D eigenvalue weighted by molar-refractivity contribution is -0.125. The Morgan fingerprint density at radius 1 is 1.63 bits per heavy atom. The molecule has 2 rings (SSSR count). The lowest BCUT2D eigenvalue weighted by Gasteiger charge is -2.36. The van der Waals surface area contributed by atoms with Gasteiger partial charge in [0.2, 0.25) is 5.91 Å². The van der Waals surface area contributed by atoms with Gasteiger partial charge in [-0.3, -0.25) is 9.48 Å². The number of nitrogens with one attached hydrogen (secondary N) is 1. The summed E-state index contributed by atoms with van der Waals surface area (Å²) < 4.78 is 1.94. The fourth-order valence-electron chi connectivity index (χ4n) is 2.80. The summed E-state index contributed by atoms with van der Waals surface area (Å²) in [5.74, 6) is 0.227. The zero-order chi connectivity index (χ0) is 14.2. The topological polar surface area (TPSA) is 46.9 Å². The summed E-state index contributed by atoms with van der Waals surface area (Å²) in [7, 11) is 1.98. The second-order valence-electron chi connectivity index (χ2n) is 6.59. The largest absolute Gasteiger partial charge is 0.349 e. The molecule has 0 fully saturated rings. The molecule has 0 aromatic carbocycles. The molecule has 106 valence electrons. The first-order chi connectivity index (χ1) is 8.84. The Bertz CT molecular complexity index is 476. The number of hydrogen-bond acceptors (Lipinski definition) is 2. The molecule has 0 radical (unpaired) electrons. The summed E-state index contributed by atoms with van der Waals surface area (Å²) in [6.45, 7) is 8.54. The molecule has 0 aliphatic heterocycles. The van der Waals surface area contributed by atoms with Crippen molar-refractivity contribution in [2.24, 2.45) is 18.4 Å². The third-order valence-corrected chi connectivity index (χ3v) is 4.25. The van der Waals surface area contributed by atoms with Crippen molar-refractivity contribution in [2.75, 3.05) is 0 Å². The molecule has 19 heavy (non-hydrogen) atoms. The SMILES string of the molecule is CCC(C)C(=O)NC1CC(C)(C)Cc2c1cnn2C. The zero-order valence-corrected chi connectivity index (χ0v) is 12.7. The van der Waals surface area contributed by atoms with E-state index in [0.29, 0.717) is 0 Å². The molecule has 0 spiro atoms. The Kier molecular flexibility index (Phi) is 3.70. The van der Waals surface area contributed by atoms with Gasteiger partial charge in [0, 0.05) is 24.2 Å². The first-order valence-corrected chi connectivity index (χ1v) is 7.15. The van der Waals surface area contributed by atoms with Gasteiger partial charge in [-0.2, -0.15) is 5.10 Å². The molecule has 0 bridgehead atoms. The summed E-state index contributed by atoms with van der Waals surface area (Å²) in [6, 6.07) is 0.106. The molecule has 1 aromatic rings. The van der Waals surface area contributed by atoms with Crippen LogP contribution in [0.1, 0.15) is 57.8 Å². The fraction of sp³-hybridized carbons (Fsp3) is 0.733. The van der Waals surface area contributed by atoms with Crippen molar-refractivity contribution in [3.63, 3.8) is 0 Å². The lowest BCUT2D eigenvalue weighted by atomic mass is 9.74. The molecule has 1 aromatic heterocycles. The molecular weight excluding hydrogens is 238 g/mol. The predicted molar refractivity (Wildman–Crippen MR) is 75.6 cm³/mol. The number of amides is 1. The summed E-state index contributed by atoms with van der Waals surface area (Å²) in [5.41, 5.74) is 2.65. The summed E-state index contributed by atoms with van der Waals surface area (Å²) in [4.78, 5) is 12.1. The molecule has 0 saturated heterocycles. The number of aryl methyl sites for hydroxylation is 1. The highest BCUT2D eigenvalue weighted by molar-refractivity contribution is 5.78. The number of carbonyl (C=O) groups is 1. The minimum Gasteiger partial charge on any atom is -0.349 e. The molecule has 1 amide bonds. The van der Waals surface area contributed by atoms with Crippen molar-refractivity contribution in [1.29, 1.82) is 0 Å². The highest BCUT2D eigenvalue weighted by Gasteiger charge is 2.35. The Morgan fingerprint density at radius 3 is 2.95 bits per heavy atom. The number of hydrogen-bond donors (Lipinski definition) is 1. The van der Waals surface area contributed by atoms with E-state index < -0.39 is 0 Å². The van der Waals surface area contributed by atoms with Crippen LogP contribution < -0.4 is 5.32 Å². The van der Waals surface area contributed by atoms with Crippen molar-refractivity contribution in [3.05, 3.63) is 17.5 Å². The minimum absolute atomic E-state index is 0.0742. The Labute approximate surface area is 115 Å². The van der Waals surface area contributed by atoms with Gasteiger partial charge in [0.25, 0.3) is 0 Å². The highest BCUT2D eigenvalue weighted by atomic mass is 16.1. The van der Waals surface area contributed by atoms with E-state index in [9.17, 15) is 4.79 Å². The molecule has 2 atom stereocenters. The molecular formula is C15H25N3O. The van der Waals surface area contributed by atoms with Crippen molar-refractivity contribution in [1.82, 2.24) is 15.1 Å². The molecule has 2 unspecified atom stereocenters. The number of rotatable bonds is 3. The van der Waals surface area contributed by atoms with E-state index in [1.165, 1.54) is 11.3 Å². The maximum absolute atomic E-state index is 12.1. The van der Waals surface area contributed by atoms with E-state index in [1.54, 1.807) is 0 Å². The maximum atomic E-state index is 12.1. The number of aromatic nitrogens is 2. The van der Waals surface area contributed by atoms with Gasteiger partial charge in [-0.25, -0.2) is 0 Å². The highest BCUT2D eigenvalue weighted by Crippen LogP contribution is 2.40. The van der Waals surface area contributed by atoms with E-state index in [0.717, 1.165) is 19.3 Å². The van der Waals surface area contributed by atoms with Crippen molar-refractivity contribution >= 4 is 5.91 Å². The van der Waals surface area contributed by atoms with Crippen molar-refractivity contribution in [2.45, 2.75) is 53.0 Å². The molecule has 1 N–H and O–H groups in total. The average Bonchev–Trinajstić information content (AvgIpc) is 2.68. The monoisotopic (exact) mass is 263 g/mol. The Balaban J connectivity index is 2.23. The standard InChI is InChI=1S/C15H25N3O/c1-6-10(2)14(19)17-12-7-15(3,4)8-13-11(12)9-16-18(13)5/h9-10,12H,6-8H2,1-5H3,(H,17,19). The van der Waals surface area contributed by atoms with Crippen molar-refractivity contribution < 1.29 is 4.79 Å². The van der Waals surface area contributed by atoms with Gasteiger partial charge in [0.1, 0.15) is 0 Å². The fourth-order valence-corrected chi connectivity index (χ4v) is 2.80. The molecule has 1 heterocycles. The lowest BCUT2D eigenvalue weighted by Crippen LogP contribution is -2.38. The molecule has 1 aliphatic rings. The van der Waals surface area contributed by atoms with E-state index in [1.807, 2.05) is 31.8 Å². The molecule has 4 nitrogen and oxygen atoms in total. The van der Waals surface area contributed by atoms with Gasteiger partial charge in [0.15, 0.2) is 0 Å². The third kappa shape index (κ3) is 2.82. The van der Waals surface area contributed by atoms with E-state index >= 15 is 0 Å². The minimum atomic E-state index is 0.0742. The number of nitrogens with zero attached hydrogens (tertiary/aromatic N) is 2. The van der Waals surface area contributed by atoms with Gasteiger partial charge in [-0.05, 0) is 24.7 Å². The average molecular weight is 263 g/mol. The normalized spacial score (nSPS) is 22.7. The van der Waals surface area contributed by atoms with Crippen LogP contribution in [0.4, 0.5) is 0 Å². The van der Waals surface area contributed by atoms with Crippen LogP contribution in [0.5, 0.6) is 0 Å². The van der Waals surface area contributed by atoms with Gasteiger partial charge in [-0.15, -0.1) is 0 Å². The van der Waals surface area contributed by atoms with Crippen LogP contribution in [-0.4, -0.2) is 15.7 Å². The first kappa shape index (κ1) is 14.1. The van der Waals surface area contributed by atoms with E-state index in [2.05, 4.69) is 24.3 Å². The first-order valence-electron chi connectivity index (χ1n) is 7.15. The number of carbonyl (C=O) groups excluding carboxylic acids is 1. The van der Waals surface area contributed by atoms with Crippen LogP contribution in [0.15, 0.2) is 6.20 Å². The summed E-state index contributed by atoms with van der Waals surface area (Å²) in [5, 5.41) is 7.55. The van der Waals surface area contributed by atoms with Gasteiger partial charge in [-0.1, -0.05) is 27.7 Å². The molecule has 1 aliphatic carbocycles. The predicted octanol–water partition coefficient (Wildman–Crippen LogP) is 2.60. The third-order valence-electron chi connectivity index (χ3n) is 4.25. The van der Waals surface area contributed by atoms with Crippen LogP contribution in [0.2, 0.25) is 0 Å². The summed E-state index contributed by atoms with van der Waals surface area (Å²) >= 11 is 0. The molecule has 4 heteroatoms. The maximum Gasteiger partial charge on any atom is 0.223 e. The van der Waals surface area contributed by atoms with Gasteiger partial charge in [0.05, 0.1) is 12.2 Å². The van der Waals surface area contributed by atoms with Gasteiger partial charge >= 0.3 is 0 Å². The van der Waals surface area contributed by atoms with Gasteiger partial charge < -0.3 is 5.32 Å².